The minimum absolute atomic E-state index is 0.104. The van der Waals surface area contributed by atoms with E-state index in [1.807, 2.05) is 6.92 Å². The molecule has 4 aliphatic rings. The lowest BCUT2D eigenvalue weighted by Crippen LogP contribution is -2.51. The zero-order valence-electron chi connectivity index (χ0n) is 16.7. The van der Waals surface area contributed by atoms with Crippen LogP contribution in [0.4, 0.5) is 0 Å². The van der Waals surface area contributed by atoms with Gasteiger partial charge in [-0.05, 0) is 98.7 Å². The maximum atomic E-state index is 10.2. The van der Waals surface area contributed by atoms with Crippen LogP contribution in [0, 0.1) is 40.4 Å². The third kappa shape index (κ3) is 2.57. The van der Waals surface area contributed by atoms with E-state index >= 15 is 0 Å². The summed E-state index contributed by atoms with van der Waals surface area (Å²) in [5, 5.41) is 20.3. The second-order valence-corrected chi connectivity index (χ2v) is 10.5. The second kappa shape index (κ2) is 6.09. The minimum atomic E-state index is -0.187. The Balaban J connectivity index is 1.62. The molecule has 0 saturated heterocycles. The van der Waals surface area contributed by atoms with Crippen LogP contribution in [0.2, 0.25) is 0 Å². The largest absolute Gasteiger partial charge is 0.393 e. The van der Waals surface area contributed by atoms with Crippen LogP contribution in [0.1, 0.15) is 79.1 Å². The van der Waals surface area contributed by atoms with Crippen molar-refractivity contribution in [3.05, 3.63) is 11.6 Å². The predicted molar refractivity (Wildman–Crippen MR) is 102 cm³/mol. The van der Waals surface area contributed by atoms with Gasteiger partial charge in [-0.25, -0.2) is 0 Å². The summed E-state index contributed by atoms with van der Waals surface area (Å²) >= 11 is 0. The van der Waals surface area contributed by atoms with E-state index in [2.05, 4.69) is 26.8 Å². The predicted octanol–water partition coefficient (Wildman–Crippen LogP) is 4.94. The van der Waals surface area contributed by atoms with Crippen LogP contribution in [-0.2, 0) is 0 Å². The van der Waals surface area contributed by atoms with Gasteiger partial charge in [0, 0.05) is 0 Å². The molecule has 4 unspecified atom stereocenters. The maximum absolute atomic E-state index is 10.2. The van der Waals surface area contributed by atoms with E-state index in [0.717, 1.165) is 30.6 Å². The number of aliphatic hydroxyl groups excluding tert-OH is 2. The lowest BCUT2D eigenvalue weighted by molar-refractivity contribution is -0.0657. The van der Waals surface area contributed by atoms with Crippen molar-refractivity contribution < 1.29 is 10.2 Å². The van der Waals surface area contributed by atoms with E-state index in [0.29, 0.717) is 22.7 Å². The highest BCUT2D eigenvalue weighted by molar-refractivity contribution is 5.25. The molecule has 25 heavy (non-hydrogen) atoms. The molecule has 2 nitrogen and oxygen atoms in total. The SMILES string of the molecule is C[C@H](O)[C@@H](C)C1CCC2C3CC=C4C[C@@H](O)CC[C@]4(C)C3CC[C@@]21C. The molecule has 4 aliphatic carbocycles. The summed E-state index contributed by atoms with van der Waals surface area (Å²) in [6.07, 6.45) is 11.9. The standard InChI is InChI=1S/C23H38O2/c1-14(15(2)24)19-7-8-20-18-6-5-16-13-17(25)9-11-22(16,3)21(18)10-12-23(19,20)4/h5,14-15,17-21,24-25H,6-13H2,1-4H3/t14-,15+,17+,18?,19?,20?,21?,22+,23-/m1/s1. The molecule has 0 bridgehead atoms. The Kier molecular flexibility index (Phi) is 4.40. The van der Waals surface area contributed by atoms with Crippen molar-refractivity contribution in [3.63, 3.8) is 0 Å². The van der Waals surface area contributed by atoms with E-state index in [9.17, 15) is 10.2 Å². The second-order valence-electron chi connectivity index (χ2n) is 10.5. The number of allylic oxidation sites excluding steroid dienone is 1. The van der Waals surface area contributed by atoms with Crippen molar-refractivity contribution >= 4 is 0 Å². The maximum Gasteiger partial charge on any atom is 0.0577 e. The number of hydrogen-bond acceptors (Lipinski definition) is 2. The Morgan fingerprint density at radius 1 is 1.04 bits per heavy atom. The van der Waals surface area contributed by atoms with E-state index in [1.54, 1.807) is 5.57 Å². The summed E-state index contributed by atoms with van der Waals surface area (Å²) < 4.78 is 0. The molecular formula is C23H38O2. The Morgan fingerprint density at radius 3 is 2.52 bits per heavy atom. The van der Waals surface area contributed by atoms with Gasteiger partial charge < -0.3 is 10.2 Å². The molecule has 142 valence electrons. The summed E-state index contributed by atoms with van der Waals surface area (Å²) in [5.41, 5.74) is 2.34. The van der Waals surface area contributed by atoms with Gasteiger partial charge in [0.2, 0.25) is 0 Å². The van der Waals surface area contributed by atoms with Crippen molar-refractivity contribution in [1.82, 2.24) is 0 Å². The molecule has 3 saturated carbocycles. The zero-order chi connectivity index (χ0) is 18.0. The van der Waals surface area contributed by atoms with E-state index in [1.165, 1.54) is 38.5 Å². The quantitative estimate of drug-likeness (QED) is 0.695. The van der Waals surface area contributed by atoms with Crippen LogP contribution in [0.15, 0.2) is 11.6 Å². The molecule has 0 aromatic heterocycles. The lowest BCUT2D eigenvalue weighted by atomic mass is 9.47. The van der Waals surface area contributed by atoms with Crippen LogP contribution >= 0.6 is 0 Å². The van der Waals surface area contributed by atoms with Gasteiger partial charge in [-0.3, -0.25) is 0 Å². The van der Waals surface area contributed by atoms with Gasteiger partial charge in [0.15, 0.2) is 0 Å². The summed E-state index contributed by atoms with van der Waals surface area (Å²) in [6, 6.07) is 0. The first kappa shape index (κ1) is 18.0. The number of rotatable bonds is 2. The number of fused-ring (bicyclic) bond motifs is 5. The highest BCUT2D eigenvalue weighted by atomic mass is 16.3. The average Bonchev–Trinajstić information content (AvgIpc) is 2.92. The molecule has 0 aromatic carbocycles. The van der Waals surface area contributed by atoms with Gasteiger partial charge >= 0.3 is 0 Å². The molecule has 0 amide bonds. The van der Waals surface area contributed by atoms with Crippen LogP contribution in [0.5, 0.6) is 0 Å². The minimum Gasteiger partial charge on any atom is -0.393 e. The first-order valence-electron chi connectivity index (χ1n) is 10.8. The number of aliphatic hydroxyl groups is 2. The third-order valence-electron chi connectivity index (χ3n) is 9.55. The third-order valence-corrected chi connectivity index (χ3v) is 9.55. The monoisotopic (exact) mass is 346 g/mol. The summed E-state index contributed by atoms with van der Waals surface area (Å²) in [7, 11) is 0. The van der Waals surface area contributed by atoms with Gasteiger partial charge in [-0.2, -0.15) is 0 Å². The highest BCUT2D eigenvalue weighted by Gasteiger charge is 2.59. The molecular weight excluding hydrogens is 308 g/mol. The van der Waals surface area contributed by atoms with Gasteiger partial charge in [0.05, 0.1) is 12.2 Å². The van der Waals surface area contributed by atoms with Crippen molar-refractivity contribution in [2.75, 3.05) is 0 Å². The van der Waals surface area contributed by atoms with E-state index < -0.39 is 0 Å². The van der Waals surface area contributed by atoms with Crippen LogP contribution in [0.3, 0.4) is 0 Å². The fraction of sp³-hybridized carbons (Fsp3) is 0.913. The summed E-state index contributed by atoms with van der Waals surface area (Å²) in [5.74, 6) is 3.58. The molecule has 0 radical (unpaired) electrons. The molecule has 4 rings (SSSR count). The Bertz CT molecular complexity index is 552. The van der Waals surface area contributed by atoms with Crippen LogP contribution < -0.4 is 0 Å². The van der Waals surface area contributed by atoms with Gasteiger partial charge in [0.25, 0.3) is 0 Å². The molecule has 2 N–H and O–H groups in total. The van der Waals surface area contributed by atoms with Crippen LogP contribution in [-0.4, -0.2) is 22.4 Å². The van der Waals surface area contributed by atoms with E-state index in [4.69, 9.17) is 0 Å². The molecule has 0 aliphatic heterocycles. The summed E-state index contributed by atoms with van der Waals surface area (Å²) in [4.78, 5) is 0. The fourth-order valence-corrected chi connectivity index (χ4v) is 7.88. The van der Waals surface area contributed by atoms with Gasteiger partial charge in [0.1, 0.15) is 0 Å². The average molecular weight is 347 g/mol. The zero-order valence-corrected chi connectivity index (χ0v) is 16.7. The van der Waals surface area contributed by atoms with E-state index in [-0.39, 0.29) is 12.2 Å². The molecule has 9 atom stereocenters. The highest BCUT2D eigenvalue weighted by Crippen LogP contribution is 2.67. The van der Waals surface area contributed by atoms with Crippen molar-refractivity contribution in [2.45, 2.75) is 91.3 Å². The molecule has 3 fully saturated rings. The lowest BCUT2D eigenvalue weighted by Gasteiger charge is -2.58. The van der Waals surface area contributed by atoms with Crippen molar-refractivity contribution in [1.29, 1.82) is 0 Å². The first-order valence-corrected chi connectivity index (χ1v) is 10.8. The fourth-order valence-electron chi connectivity index (χ4n) is 7.88. The Hall–Kier alpha value is -0.340. The van der Waals surface area contributed by atoms with Crippen LogP contribution in [0.25, 0.3) is 0 Å². The van der Waals surface area contributed by atoms with Crippen molar-refractivity contribution in [2.24, 2.45) is 40.4 Å². The molecule has 0 aromatic rings. The number of hydrogen-bond donors (Lipinski definition) is 2. The Morgan fingerprint density at radius 2 is 1.80 bits per heavy atom. The Labute approximate surface area is 154 Å². The first-order chi connectivity index (χ1) is 11.8. The topological polar surface area (TPSA) is 40.5 Å². The molecule has 0 heterocycles. The summed E-state index contributed by atoms with van der Waals surface area (Å²) in [6.45, 7) is 9.32. The van der Waals surface area contributed by atoms with Gasteiger partial charge in [-0.15, -0.1) is 0 Å². The van der Waals surface area contributed by atoms with Crippen molar-refractivity contribution in [3.8, 4) is 0 Å². The normalized spacial score (nSPS) is 51.8. The molecule has 0 spiro atoms. The van der Waals surface area contributed by atoms with Gasteiger partial charge in [-0.1, -0.05) is 32.4 Å². The smallest absolute Gasteiger partial charge is 0.0577 e. The molecule has 2 heteroatoms.